The fraction of sp³-hybridized carbons (Fsp3) is 0.526. The first kappa shape index (κ1) is 18.8. The zero-order valence-electron chi connectivity index (χ0n) is 15.0. The van der Waals surface area contributed by atoms with Crippen molar-refractivity contribution in [1.82, 2.24) is 15.2 Å². The molecule has 0 aliphatic rings. The second kappa shape index (κ2) is 8.54. The Hall–Kier alpha value is -1.52. The van der Waals surface area contributed by atoms with E-state index in [2.05, 4.69) is 35.2 Å². The molecular formula is C19H28ClN3O. The molecule has 132 valence electrons. The summed E-state index contributed by atoms with van der Waals surface area (Å²) in [5.74, 6) is 0.644. The van der Waals surface area contributed by atoms with Crippen LogP contribution in [0.25, 0.3) is 10.9 Å². The minimum Gasteiger partial charge on any atom is -0.354 e. The number of fused-ring (bicyclic) bond motifs is 1. The maximum atomic E-state index is 12.5. The van der Waals surface area contributed by atoms with E-state index < -0.39 is 0 Å². The van der Waals surface area contributed by atoms with Crippen molar-refractivity contribution in [2.45, 2.75) is 39.7 Å². The van der Waals surface area contributed by atoms with Crippen molar-refractivity contribution in [3.05, 3.63) is 35.0 Å². The highest BCUT2D eigenvalue weighted by atomic mass is 35.5. The van der Waals surface area contributed by atoms with E-state index in [1.54, 1.807) is 0 Å². The van der Waals surface area contributed by atoms with E-state index in [1.807, 2.05) is 32.2 Å². The molecule has 5 heteroatoms. The Bertz CT molecular complexity index is 693. The van der Waals surface area contributed by atoms with Crippen molar-refractivity contribution in [2.75, 3.05) is 20.1 Å². The number of amides is 1. The van der Waals surface area contributed by atoms with Gasteiger partial charge in [-0.2, -0.15) is 0 Å². The lowest BCUT2D eigenvalue weighted by atomic mass is 10.1. The Kier molecular flexibility index (Phi) is 6.69. The Balaban J connectivity index is 2.25. The van der Waals surface area contributed by atoms with Gasteiger partial charge in [-0.15, -0.1) is 0 Å². The minimum atomic E-state index is -0.246. The molecule has 2 rings (SSSR count). The molecule has 2 N–H and O–H groups in total. The van der Waals surface area contributed by atoms with Gasteiger partial charge in [0.05, 0.1) is 0 Å². The van der Waals surface area contributed by atoms with Crippen LogP contribution in [0.5, 0.6) is 0 Å². The maximum absolute atomic E-state index is 12.5. The Morgan fingerprint density at radius 2 is 2.00 bits per heavy atom. The van der Waals surface area contributed by atoms with Crippen molar-refractivity contribution in [3.8, 4) is 0 Å². The van der Waals surface area contributed by atoms with E-state index in [4.69, 9.17) is 11.6 Å². The Morgan fingerprint density at radius 1 is 1.25 bits per heavy atom. The van der Waals surface area contributed by atoms with Crippen molar-refractivity contribution >= 4 is 28.4 Å². The third kappa shape index (κ3) is 4.52. The summed E-state index contributed by atoms with van der Waals surface area (Å²) in [5, 5.41) is 8.06. The highest BCUT2D eigenvalue weighted by Crippen LogP contribution is 2.28. The van der Waals surface area contributed by atoms with Crippen LogP contribution < -0.4 is 10.6 Å². The summed E-state index contributed by atoms with van der Waals surface area (Å²) in [6.45, 7) is 7.87. The van der Waals surface area contributed by atoms with Crippen molar-refractivity contribution in [1.29, 1.82) is 0 Å². The lowest BCUT2D eigenvalue weighted by Crippen LogP contribution is -2.32. The highest BCUT2D eigenvalue weighted by molar-refractivity contribution is 6.31. The quantitative estimate of drug-likeness (QED) is 0.761. The molecule has 0 saturated carbocycles. The Labute approximate surface area is 149 Å². The van der Waals surface area contributed by atoms with E-state index in [0.717, 1.165) is 41.9 Å². The van der Waals surface area contributed by atoms with Crippen molar-refractivity contribution < 1.29 is 4.79 Å². The SMILES string of the molecule is CNCCc1cn(C(C)C(=O)NCCC(C)C)c2ccc(Cl)cc12. The van der Waals surface area contributed by atoms with Gasteiger partial charge in [0.1, 0.15) is 6.04 Å². The molecule has 0 spiro atoms. The van der Waals surface area contributed by atoms with Gasteiger partial charge in [-0.05, 0) is 63.0 Å². The number of carbonyl (C=O) groups excluding carboxylic acids is 1. The monoisotopic (exact) mass is 349 g/mol. The zero-order valence-corrected chi connectivity index (χ0v) is 15.8. The lowest BCUT2D eigenvalue weighted by molar-refractivity contribution is -0.123. The predicted octanol–water partition coefficient (Wildman–Crippen LogP) is 3.78. The smallest absolute Gasteiger partial charge is 0.242 e. The summed E-state index contributed by atoms with van der Waals surface area (Å²) in [7, 11) is 1.94. The number of aromatic nitrogens is 1. The number of nitrogens with one attached hydrogen (secondary N) is 2. The second-order valence-electron chi connectivity index (χ2n) is 6.73. The Morgan fingerprint density at radius 3 is 2.67 bits per heavy atom. The number of hydrogen-bond acceptors (Lipinski definition) is 2. The second-order valence-corrected chi connectivity index (χ2v) is 7.16. The molecule has 4 nitrogen and oxygen atoms in total. The van der Waals surface area contributed by atoms with Crippen LogP contribution in [0.2, 0.25) is 5.02 Å². The normalized spacial score (nSPS) is 12.8. The molecule has 0 saturated heterocycles. The van der Waals surface area contributed by atoms with Gasteiger partial charge in [0.15, 0.2) is 0 Å². The largest absolute Gasteiger partial charge is 0.354 e. The van der Waals surface area contributed by atoms with Crippen LogP contribution in [0.4, 0.5) is 0 Å². The van der Waals surface area contributed by atoms with Gasteiger partial charge in [0.25, 0.3) is 0 Å². The summed E-state index contributed by atoms with van der Waals surface area (Å²) >= 11 is 6.17. The fourth-order valence-corrected chi connectivity index (χ4v) is 3.01. The number of rotatable bonds is 8. The molecule has 1 amide bonds. The minimum absolute atomic E-state index is 0.0580. The number of likely N-dealkylation sites (N-methyl/N-ethyl adjacent to an activating group) is 1. The van der Waals surface area contributed by atoms with Crippen LogP contribution in [0, 0.1) is 5.92 Å². The molecule has 1 heterocycles. The molecule has 0 aliphatic carbocycles. The van der Waals surface area contributed by atoms with Crippen LogP contribution in [0.1, 0.15) is 38.8 Å². The molecule has 1 unspecified atom stereocenters. The van der Waals surface area contributed by atoms with Crippen LogP contribution >= 0.6 is 11.6 Å². The van der Waals surface area contributed by atoms with E-state index in [-0.39, 0.29) is 11.9 Å². The van der Waals surface area contributed by atoms with Gasteiger partial charge in [-0.25, -0.2) is 0 Å². The first-order valence-corrected chi connectivity index (χ1v) is 9.03. The van der Waals surface area contributed by atoms with Gasteiger partial charge >= 0.3 is 0 Å². The van der Waals surface area contributed by atoms with Crippen LogP contribution in [-0.2, 0) is 11.2 Å². The van der Waals surface area contributed by atoms with E-state index >= 15 is 0 Å². The van der Waals surface area contributed by atoms with Crippen LogP contribution in [-0.4, -0.2) is 30.6 Å². The number of halogens is 1. The first-order chi connectivity index (χ1) is 11.4. The fourth-order valence-electron chi connectivity index (χ4n) is 2.83. The molecule has 1 aromatic heterocycles. The van der Waals surface area contributed by atoms with Gasteiger partial charge < -0.3 is 15.2 Å². The number of carbonyl (C=O) groups is 1. The van der Waals surface area contributed by atoms with E-state index in [9.17, 15) is 4.79 Å². The topological polar surface area (TPSA) is 46.1 Å². The third-order valence-electron chi connectivity index (χ3n) is 4.34. The molecule has 0 radical (unpaired) electrons. The average Bonchev–Trinajstić information content (AvgIpc) is 2.89. The molecule has 2 aromatic rings. The van der Waals surface area contributed by atoms with Crippen molar-refractivity contribution in [2.24, 2.45) is 5.92 Å². The zero-order chi connectivity index (χ0) is 17.7. The molecule has 1 aromatic carbocycles. The summed E-state index contributed by atoms with van der Waals surface area (Å²) in [4.78, 5) is 12.5. The van der Waals surface area contributed by atoms with Gasteiger partial charge in [0.2, 0.25) is 5.91 Å². The lowest BCUT2D eigenvalue weighted by Gasteiger charge is -2.16. The molecule has 0 bridgehead atoms. The molecule has 0 aliphatic heterocycles. The summed E-state index contributed by atoms with van der Waals surface area (Å²) in [6, 6.07) is 5.62. The highest BCUT2D eigenvalue weighted by Gasteiger charge is 2.18. The standard InChI is InChI=1S/C19H28ClN3O/c1-13(2)7-10-22-19(24)14(3)23-12-15(8-9-21-4)17-11-16(20)5-6-18(17)23/h5-6,11-14,21H,7-10H2,1-4H3,(H,22,24). The van der Waals surface area contributed by atoms with Gasteiger partial charge in [-0.1, -0.05) is 25.4 Å². The number of nitrogens with zero attached hydrogens (tertiary/aromatic N) is 1. The van der Waals surface area contributed by atoms with Crippen LogP contribution in [0.15, 0.2) is 24.4 Å². The molecule has 0 fully saturated rings. The van der Waals surface area contributed by atoms with E-state index in [0.29, 0.717) is 5.92 Å². The first-order valence-electron chi connectivity index (χ1n) is 8.65. The summed E-state index contributed by atoms with van der Waals surface area (Å²) < 4.78 is 2.06. The number of benzene rings is 1. The average molecular weight is 350 g/mol. The number of hydrogen-bond donors (Lipinski definition) is 2. The molecule has 1 atom stereocenters. The predicted molar refractivity (Wildman–Crippen MR) is 102 cm³/mol. The van der Waals surface area contributed by atoms with E-state index in [1.165, 1.54) is 5.56 Å². The summed E-state index contributed by atoms with van der Waals surface area (Å²) in [5.41, 5.74) is 2.26. The van der Waals surface area contributed by atoms with Crippen LogP contribution in [0.3, 0.4) is 0 Å². The van der Waals surface area contributed by atoms with Gasteiger partial charge in [-0.3, -0.25) is 4.79 Å². The van der Waals surface area contributed by atoms with Gasteiger partial charge in [0, 0.05) is 28.7 Å². The molecule has 24 heavy (non-hydrogen) atoms. The maximum Gasteiger partial charge on any atom is 0.242 e. The summed E-state index contributed by atoms with van der Waals surface area (Å²) in [6.07, 6.45) is 3.99. The third-order valence-corrected chi connectivity index (χ3v) is 4.57. The molecular weight excluding hydrogens is 322 g/mol. The van der Waals surface area contributed by atoms with Crippen molar-refractivity contribution in [3.63, 3.8) is 0 Å².